The average molecular weight is 493 g/mol. The monoisotopic (exact) mass is 492 g/mol. The number of nitrogens with one attached hydrogen (secondary N) is 3. The molecule has 188 valence electrons. The fraction of sp³-hybridized carbons (Fsp3) is 0.667. The van der Waals surface area contributed by atoms with Gasteiger partial charge in [0.25, 0.3) is 0 Å². The topological polar surface area (TPSA) is 257 Å². The number of aliphatic hydroxyl groups is 1. The number of aliphatic hydroxyl groups excluding tert-OH is 1. The summed E-state index contributed by atoms with van der Waals surface area (Å²) in [5.74, 6) is -5.46. The van der Waals surface area contributed by atoms with Crippen molar-refractivity contribution in [1.82, 2.24) is 16.0 Å². The Kier molecular flexibility index (Phi) is 13.7. The van der Waals surface area contributed by atoms with Gasteiger partial charge in [-0.05, 0) is 31.8 Å². The molecular weight excluding hydrogens is 460 g/mol. The number of aliphatic carboxylic acids is 1. The summed E-state index contributed by atoms with van der Waals surface area (Å²) in [6, 6.07) is -5.58. The zero-order valence-corrected chi connectivity index (χ0v) is 19.2. The second kappa shape index (κ2) is 15.0. The van der Waals surface area contributed by atoms with Crippen LogP contribution in [0.2, 0.25) is 0 Å². The van der Waals surface area contributed by atoms with E-state index >= 15 is 0 Å². The first-order valence-electron chi connectivity index (χ1n) is 9.93. The lowest BCUT2D eigenvalue weighted by Gasteiger charge is -2.26. The van der Waals surface area contributed by atoms with E-state index in [1.165, 1.54) is 18.7 Å². The smallest absolute Gasteiger partial charge is 0.326 e. The first kappa shape index (κ1) is 30.1. The maximum Gasteiger partial charge on any atom is 0.326 e. The summed E-state index contributed by atoms with van der Waals surface area (Å²) in [6.45, 7) is 1.23. The van der Waals surface area contributed by atoms with Gasteiger partial charge in [-0.2, -0.15) is 11.8 Å². The van der Waals surface area contributed by atoms with Crippen LogP contribution in [0.15, 0.2) is 0 Å². The molecule has 0 aliphatic rings. The Morgan fingerprint density at radius 2 is 1.45 bits per heavy atom. The molecule has 5 unspecified atom stereocenters. The maximum atomic E-state index is 12.7. The molecule has 0 radical (unpaired) electrons. The molecule has 0 rings (SSSR count). The van der Waals surface area contributed by atoms with Crippen LogP contribution in [0.1, 0.15) is 32.6 Å². The van der Waals surface area contributed by atoms with Gasteiger partial charge in [0.1, 0.15) is 18.1 Å². The van der Waals surface area contributed by atoms with Crippen molar-refractivity contribution in [2.75, 3.05) is 12.0 Å². The SMILES string of the molecule is CSCCC(N)C(=O)NC(C(=O)NC(CCC(N)=O)C(=O)NC(CC(N)=O)C(=O)O)C(C)O. The van der Waals surface area contributed by atoms with Gasteiger partial charge < -0.3 is 43.4 Å². The Hall–Kier alpha value is -2.91. The molecule has 0 aromatic carbocycles. The van der Waals surface area contributed by atoms with Crippen LogP contribution < -0.4 is 33.2 Å². The van der Waals surface area contributed by atoms with Gasteiger partial charge in [-0.15, -0.1) is 0 Å². The molecule has 0 saturated heterocycles. The lowest BCUT2D eigenvalue weighted by atomic mass is 10.1. The predicted molar refractivity (Wildman–Crippen MR) is 118 cm³/mol. The van der Waals surface area contributed by atoms with Crippen molar-refractivity contribution < 1.29 is 39.0 Å². The molecule has 0 spiro atoms. The van der Waals surface area contributed by atoms with Gasteiger partial charge >= 0.3 is 5.97 Å². The summed E-state index contributed by atoms with van der Waals surface area (Å²) in [4.78, 5) is 71.0. The third kappa shape index (κ3) is 12.1. The predicted octanol–water partition coefficient (Wildman–Crippen LogP) is -3.87. The Bertz CT molecular complexity index is 735. The van der Waals surface area contributed by atoms with Gasteiger partial charge in [-0.1, -0.05) is 0 Å². The number of nitrogens with two attached hydrogens (primary N) is 3. The van der Waals surface area contributed by atoms with Gasteiger partial charge in [0, 0.05) is 6.42 Å². The van der Waals surface area contributed by atoms with Crippen molar-refractivity contribution in [3.63, 3.8) is 0 Å². The molecule has 5 amide bonds. The lowest BCUT2D eigenvalue weighted by Crippen LogP contribution is -2.60. The van der Waals surface area contributed by atoms with Crippen LogP contribution >= 0.6 is 11.8 Å². The van der Waals surface area contributed by atoms with Crippen molar-refractivity contribution in [2.24, 2.45) is 17.2 Å². The van der Waals surface area contributed by atoms with Crippen LogP contribution in [0.25, 0.3) is 0 Å². The Balaban J connectivity index is 5.47. The summed E-state index contributed by atoms with van der Waals surface area (Å²) in [5, 5.41) is 25.7. The Labute approximate surface area is 194 Å². The molecular formula is C18H32N6O8S. The van der Waals surface area contributed by atoms with Crippen molar-refractivity contribution in [3.8, 4) is 0 Å². The van der Waals surface area contributed by atoms with Crippen LogP contribution in [0.5, 0.6) is 0 Å². The van der Waals surface area contributed by atoms with Gasteiger partial charge in [0.15, 0.2) is 0 Å². The minimum absolute atomic E-state index is 0.316. The number of carbonyl (C=O) groups excluding carboxylic acids is 5. The number of thioether (sulfide) groups is 1. The fourth-order valence-corrected chi connectivity index (χ4v) is 3.02. The highest BCUT2D eigenvalue weighted by Gasteiger charge is 2.32. The molecule has 0 aliphatic carbocycles. The zero-order chi connectivity index (χ0) is 25.7. The third-order valence-electron chi connectivity index (χ3n) is 4.36. The van der Waals surface area contributed by atoms with Crippen molar-refractivity contribution in [3.05, 3.63) is 0 Å². The van der Waals surface area contributed by atoms with E-state index in [9.17, 15) is 33.9 Å². The summed E-state index contributed by atoms with van der Waals surface area (Å²) in [6.07, 6.45) is -0.616. The fourth-order valence-electron chi connectivity index (χ4n) is 2.53. The number of carboxylic acids is 1. The van der Waals surface area contributed by atoms with Crippen LogP contribution in [0.3, 0.4) is 0 Å². The van der Waals surface area contributed by atoms with E-state index in [1.54, 1.807) is 0 Å². The van der Waals surface area contributed by atoms with Gasteiger partial charge in [0.05, 0.1) is 18.6 Å². The molecule has 5 atom stereocenters. The second-order valence-corrected chi connectivity index (χ2v) is 8.24. The van der Waals surface area contributed by atoms with Crippen molar-refractivity contribution >= 4 is 47.3 Å². The first-order chi connectivity index (χ1) is 15.3. The molecule has 14 nitrogen and oxygen atoms in total. The number of amides is 5. The van der Waals surface area contributed by atoms with E-state index in [1.807, 2.05) is 11.6 Å². The molecule has 0 fully saturated rings. The molecule has 0 heterocycles. The van der Waals surface area contributed by atoms with Crippen LogP contribution in [0, 0.1) is 0 Å². The molecule has 15 heteroatoms. The number of primary amides is 2. The van der Waals surface area contributed by atoms with E-state index < -0.39 is 72.2 Å². The molecule has 0 aliphatic heterocycles. The lowest BCUT2D eigenvalue weighted by molar-refractivity contribution is -0.144. The van der Waals surface area contributed by atoms with Gasteiger partial charge in [-0.25, -0.2) is 4.79 Å². The summed E-state index contributed by atoms with van der Waals surface area (Å²) < 4.78 is 0. The van der Waals surface area contributed by atoms with Crippen LogP contribution in [0.4, 0.5) is 0 Å². The van der Waals surface area contributed by atoms with E-state index in [0.717, 1.165) is 0 Å². The van der Waals surface area contributed by atoms with Crippen molar-refractivity contribution in [1.29, 1.82) is 0 Å². The minimum atomic E-state index is -1.68. The Morgan fingerprint density at radius 3 is 1.91 bits per heavy atom. The minimum Gasteiger partial charge on any atom is -0.480 e. The van der Waals surface area contributed by atoms with Gasteiger partial charge in [-0.3, -0.25) is 24.0 Å². The van der Waals surface area contributed by atoms with Crippen LogP contribution in [-0.4, -0.2) is 88.0 Å². The number of hydrogen-bond donors (Lipinski definition) is 8. The Morgan fingerprint density at radius 1 is 0.879 bits per heavy atom. The second-order valence-electron chi connectivity index (χ2n) is 7.25. The number of carboxylic acid groups (broad SMARTS) is 1. The average Bonchev–Trinajstić information content (AvgIpc) is 2.71. The highest BCUT2D eigenvalue weighted by molar-refractivity contribution is 7.98. The quantitative estimate of drug-likeness (QED) is 0.104. The molecule has 0 saturated carbocycles. The number of carbonyl (C=O) groups is 6. The summed E-state index contributed by atoms with van der Waals surface area (Å²) >= 11 is 1.47. The molecule has 0 bridgehead atoms. The summed E-state index contributed by atoms with van der Waals surface area (Å²) in [5.41, 5.74) is 15.8. The number of rotatable bonds is 16. The highest BCUT2D eigenvalue weighted by atomic mass is 32.2. The largest absolute Gasteiger partial charge is 0.480 e. The van der Waals surface area contributed by atoms with E-state index in [2.05, 4.69) is 10.6 Å². The van der Waals surface area contributed by atoms with E-state index in [4.69, 9.17) is 22.3 Å². The third-order valence-corrected chi connectivity index (χ3v) is 5.01. The maximum absolute atomic E-state index is 12.7. The van der Waals surface area contributed by atoms with Crippen LogP contribution in [-0.2, 0) is 28.8 Å². The molecule has 0 aromatic heterocycles. The zero-order valence-electron chi connectivity index (χ0n) is 18.4. The number of hydrogen-bond acceptors (Lipinski definition) is 9. The van der Waals surface area contributed by atoms with Gasteiger partial charge in [0.2, 0.25) is 29.5 Å². The normalized spacial score (nSPS) is 15.3. The molecule has 0 aromatic rings. The first-order valence-corrected chi connectivity index (χ1v) is 11.3. The highest BCUT2D eigenvalue weighted by Crippen LogP contribution is 2.04. The van der Waals surface area contributed by atoms with Crippen molar-refractivity contribution in [2.45, 2.75) is 62.9 Å². The molecule has 11 N–H and O–H groups in total. The standard InChI is InChI=1S/C18H32N6O8S/c1-8(25)14(24-15(28)9(19)5-6-33-2)17(30)22-10(3-4-12(20)26)16(29)23-11(18(31)32)7-13(21)27/h8-11,14,25H,3-7,19H2,1-2H3,(H2,20,26)(H2,21,27)(H,22,30)(H,23,29)(H,24,28)(H,31,32). The van der Waals surface area contributed by atoms with E-state index in [0.29, 0.717) is 12.2 Å². The summed E-state index contributed by atoms with van der Waals surface area (Å²) in [7, 11) is 0. The molecule has 33 heavy (non-hydrogen) atoms. The van der Waals surface area contributed by atoms with E-state index in [-0.39, 0.29) is 12.8 Å².